The highest BCUT2D eigenvalue weighted by atomic mass is 32.2. The molecule has 0 bridgehead atoms. The Hall–Kier alpha value is -1.40. The largest absolute Gasteiger partial charge is 0.347 e. The number of amides is 1. The van der Waals surface area contributed by atoms with Crippen molar-refractivity contribution in [3.05, 3.63) is 29.8 Å². The molecule has 1 aliphatic carbocycles. The van der Waals surface area contributed by atoms with Crippen LogP contribution >= 0.6 is 0 Å². The van der Waals surface area contributed by atoms with Crippen LogP contribution in [0.1, 0.15) is 50.4 Å². The molecule has 0 heterocycles. The third kappa shape index (κ3) is 4.28. The summed E-state index contributed by atoms with van der Waals surface area (Å²) in [7, 11) is -3.46. The molecule has 0 spiro atoms. The van der Waals surface area contributed by atoms with Gasteiger partial charge in [0.05, 0.1) is 4.90 Å². The molecule has 0 aromatic heterocycles. The van der Waals surface area contributed by atoms with Gasteiger partial charge >= 0.3 is 0 Å². The Balaban J connectivity index is 2.09. The summed E-state index contributed by atoms with van der Waals surface area (Å²) in [4.78, 5) is 12.3. The minimum Gasteiger partial charge on any atom is -0.347 e. The maximum atomic E-state index is 12.1. The zero-order valence-corrected chi connectivity index (χ0v) is 13.5. The molecule has 0 aliphatic heterocycles. The monoisotopic (exact) mass is 310 g/mol. The van der Waals surface area contributed by atoms with Crippen molar-refractivity contribution in [3.8, 4) is 0 Å². The summed E-state index contributed by atoms with van der Waals surface area (Å²) in [5, 5.41) is 2.92. The Morgan fingerprint density at radius 1 is 1.24 bits per heavy atom. The molecule has 0 atom stereocenters. The van der Waals surface area contributed by atoms with Gasteiger partial charge in [-0.05, 0) is 57.4 Å². The van der Waals surface area contributed by atoms with Crippen molar-refractivity contribution in [1.29, 1.82) is 0 Å². The number of carbonyl (C=O) groups is 1. The van der Waals surface area contributed by atoms with Crippen LogP contribution in [-0.2, 0) is 10.0 Å². The van der Waals surface area contributed by atoms with E-state index in [1.54, 1.807) is 12.1 Å². The van der Waals surface area contributed by atoms with Gasteiger partial charge in [0.15, 0.2) is 0 Å². The van der Waals surface area contributed by atoms with E-state index in [1.165, 1.54) is 12.1 Å². The lowest BCUT2D eigenvalue weighted by atomic mass is 10.0. The van der Waals surface area contributed by atoms with Gasteiger partial charge in [0, 0.05) is 17.1 Å². The summed E-state index contributed by atoms with van der Waals surface area (Å²) in [6, 6.07) is 6.10. The minimum absolute atomic E-state index is 0.0725. The number of hydrogen-bond donors (Lipinski definition) is 2. The molecule has 6 heteroatoms. The second-order valence-corrected chi connectivity index (χ2v) is 7.83. The van der Waals surface area contributed by atoms with E-state index in [4.69, 9.17) is 0 Å². The lowest BCUT2D eigenvalue weighted by molar-refractivity contribution is 0.0911. The molecule has 0 radical (unpaired) electrons. The standard InChI is InChI=1S/C15H22N2O3S/c1-4-15(2,3)16-14(18)11-5-9-13(10-6-11)21(19,20)17-12-7-8-12/h5-6,9-10,12,17H,4,7-8H2,1-3H3,(H,16,18). The van der Waals surface area contributed by atoms with E-state index in [0.717, 1.165) is 19.3 Å². The first kappa shape index (κ1) is 16.0. The second-order valence-electron chi connectivity index (χ2n) is 6.11. The van der Waals surface area contributed by atoms with Gasteiger partial charge in [-0.1, -0.05) is 6.92 Å². The minimum atomic E-state index is -3.46. The zero-order chi connectivity index (χ0) is 15.7. The number of rotatable bonds is 6. The average Bonchev–Trinajstić information content (AvgIpc) is 3.21. The van der Waals surface area contributed by atoms with Crippen LogP contribution in [0.15, 0.2) is 29.2 Å². The van der Waals surface area contributed by atoms with Gasteiger partial charge in [0.2, 0.25) is 10.0 Å². The summed E-state index contributed by atoms with van der Waals surface area (Å²) in [5.74, 6) is -0.194. The zero-order valence-electron chi connectivity index (χ0n) is 12.6. The van der Waals surface area contributed by atoms with Crippen molar-refractivity contribution in [2.24, 2.45) is 0 Å². The van der Waals surface area contributed by atoms with Gasteiger partial charge in [0.1, 0.15) is 0 Å². The third-order valence-electron chi connectivity index (χ3n) is 3.66. The fourth-order valence-electron chi connectivity index (χ4n) is 1.74. The van der Waals surface area contributed by atoms with Crippen LogP contribution in [-0.4, -0.2) is 25.9 Å². The van der Waals surface area contributed by atoms with Crippen molar-refractivity contribution < 1.29 is 13.2 Å². The summed E-state index contributed by atoms with van der Waals surface area (Å²) >= 11 is 0. The van der Waals surface area contributed by atoms with E-state index in [0.29, 0.717) is 5.56 Å². The first-order chi connectivity index (χ1) is 9.73. The predicted molar refractivity (Wildman–Crippen MR) is 81.6 cm³/mol. The van der Waals surface area contributed by atoms with Gasteiger partial charge in [0.25, 0.3) is 5.91 Å². The Labute approximate surface area is 126 Å². The molecule has 2 rings (SSSR count). The van der Waals surface area contributed by atoms with Crippen LogP contribution in [0.4, 0.5) is 0 Å². The molecule has 1 aliphatic rings. The second kappa shape index (κ2) is 5.77. The molecule has 5 nitrogen and oxygen atoms in total. The number of carbonyl (C=O) groups excluding carboxylic acids is 1. The van der Waals surface area contributed by atoms with Gasteiger partial charge in [-0.25, -0.2) is 13.1 Å². The number of benzene rings is 1. The van der Waals surface area contributed by atoms with Gasteiger partial charge in [-0.3, -0.25) is 4.79 Å². The normalized spacial score (nSPS) is 15.8. The molecular formula is C15H22N2O3S. The lowest BCUT2D eigenvalue weighted by Crippen LogP contribution is -2.42. The van der Waals surface area contributed by atoms with Gasteiger partial charge in [-0.15, -0.1) is 0 Å². The summed E-state index contributed by atoms with van der Waals surface area (Å²) < 4.78 is 26.7. The van der Waals surface area contributed by atoms with E-state index in [2.05, 4.69) is 10.0 Å². The number of sulfonamides is 1. The van der Waals surface area contributed by atoms with E-state index in [9.17, 15) is 13.2 Å². The molecule has 21 heavy (non-hydrogen) atoms. The Kier molecular flexibility index (Phi) is 4.39. The molecule has 2 N–H and O–H groups in total. The number of nitrogens with one attached hydrogen (secondary N) is 2. The predicted octanol–water partition coefficient (Wildman–Crippen LogP) is 2.05. The maximum absolute atomic E-state index is 12.1. The van der Waals surface area contributed by atoms with Crippen LogP contribution in [0, 0.1) is 0 Å². The highest BCUT2D eigenvalue weighted by Gasteiger charge is 2.28. The Bertz CT molecular complexity index is 617. The molecule has 1 fully saturated rings. The highest BCUT2D eigenvalue weighted by Crippen LogP contribution is 2.22. The topological polar surface area (TPSA) is 75.3 Å². The molecule has 1 aromatic rings. The SMILES string of the molecule is CCC(C)(C)NC(=O)c1ccc(S(=O)(=O)NC2CC2)cc1. The van der Waals surface area contributed by atoms with Crippen LogP contribution < -0.4 is 10.0 Å². The van der Waals surface area contributed by atoms with Crippen molar-refractivity contribution in [3.63, 3.8) is 0 Å². The van der Waals surface area contributed by atoms with Crippen LogP contribution in [0.5, 0.6) is 0 Å². The molecular weight excluding hydrogens is 288 g/mol. The molecule has 1 saturated carbocycles. The van der Waals surface area contributed by atoms with E-state index in [1.807, 2.05) is 20.8 Å². The highest BCUT2D eigenvalue weighted by molar-refractivity contribution is 7.89. The Morgan fingerprint density at radius 2 is 1.81 bits per heavy atom. The lowest BCUT2D eigenvalue weighted by Gasteiger charge is -2.24. The molecule has 0 unspecified atom stereocenters. The quantitative estimate of drug-likeness (QED) is 0.844. The third-order valence-corrected chi connectivity index (χ3v) is 5.20. The molecule has 1 amide bonds. The molecule has 116 valence electrons. The first-order valence-corrected chi connectivity index (χ1v) is 8.67. The van der Waals surface area contributed by atoms with Crippen molar-refractivity contribution >= 4 is 15.9 Å². The van der Waals surface area contributed by atoms with Gasteiger partial charge in [-0.2, -0.15) is 0 Å². The van der Waals surface area contributed by atoms with Gasteiger partial charge < -0.3 is 5.32 Å². The Morgan fingerprint density at radius 3 is 2.29 bits per heavy atom. The smallest absolute Gasteiger partial charge is 0.251 e. The van der Waals surface area contributed by atoms with E-state index < -0.39 is 10.0 Å². The van der Waals surface area contributed by atoms with Crippen LogP contribution in [0.3, 0.4) is 0 Å². The molecule has 0 saturated heterocycles. The maximum Gasteiger partial charge on any atom is 0.251 e. The van der Waals surface area contributed by atoms with Crippen molar-refractivity contribution in [1.82, 2.24) is 10.0 Å². The first-order valence-electron chi connectivity index (χ1n) is 7.18. The van der Waals surface area contributed by atoms with E-state index in [-0.39, 0.29) is 22.4 Å². The van der Waals surface area contributed by atoms with E-state index >= 15 is 0 Å². The fourth-order valence-corrected chi connectivity index (χ4v) is 3.05. The summed E-state index contributed by atoms with van der Waals surface area (Å²) in [5.41, 5.74) is 0.178. The molecule has 1 aromatic carbocycles. The average molecular weight is 310 g/mol. The van der Waals surface area contributed by atoms with Crippen molar-refractivity contribution in [2.45, 2.75) is 56.5 Å². The summed E-state index contributed by atoms with van der Waals surface area (Å²) in [6.45, 7) is 5.89. The van der Waals surface area contributed by atoms with Crippen molar-refractivity contribution in [2.75, 3.05) is 0 Å². The summed E-state index contributed by atoms with van der Waals surface area (Å²) in [6.07, 6.45) is 2.61. The van der Waals surface area contributed by atoms with Crippen LogP contribution in [0.25, 0.3) is 0 Å². The fraction of sp³-hybridized carbons (Fsp3) is 0.533. The number of hydrogen-bond acceptors (Lipinski definition) is 3. The van der Waals surface area contributed by atoms with Crippen LogP contribution in [0.2, 0.25) is 0 Å².